The van der Waals surface area contributed by atoms with E-state index in [9.17, 15) is 0 Å². The molecular formula is C17H25N3. The van der Waals surface area contributed by atoms with Crippen LogP contribution in [-0.4, -0.2) is 9.78 Å². The van der Waals surface area contributed by atoms with Crippen molar-refractivity contribution in [1.29, 1.82) is 0 Å². The van der Waals surface area contributed by atoms with Gasteiger partial charge in [0.1, 0.15) is 0 Å². The Morgan fingerprint density at radius 2 is 1.75 bits per heavy atom. The van der Waals surface area contributed by atoms with E-state index in [1.54, 1.807) is 0 Å². The molecule has 1 unspecified atom stereocenters. The number of hydrogen-bond donors (Lipinski definition) is 1. The summed E-state index contributed by atoms with van der Waals surface area (Å²) in [6.07, 6.45) is 0.853. The van der Waals surface area contributed by atoms with Crippen LogP contribution in [-0.2, 0) is 13.5 Å². The fourth-order valence-electron chi connectivity index (χ4n) is 2.72. The average Bonchev–Trinajstić information content (AvgIpc) is 2.63. The van der Waals surface area contributed by atoms with Crippen molar-refractivity contribution >= 4 is 0 Å². The lowest BCUT2D eigenvalue weighted by atomic mass is 9.96. The van der Waals surface area contributed by atoms with E-state index in [0.29, 0.717) is 5.92 Å². The van der Waals surface area contributed by atoms with Crippen molar-refractivity contribution < 1.29 is 0 Å². The van der Waals surface area contributed by atoms with Crippen LogP contribution in [0.2, 0.25) is 0 Å². The van der Waals surface area contributed by atoms with Gasteiger partial charge in [0.25, 0.3) is 0 Å². The van der Waals surface area contributed by atoms with Crippen LogP contribution >= 0.6 is 0 Å². The Morgan fingerprint density at radius 3 is 2.20 bits per heavy atom. The molecule has 2 aromatic rings. The van der Waals surface area contributed by atoms with Crippen molar-refractivity contribution in [3.8, 4) is 0 Å². The summed E-state index contributed by atoms with van der Waals surface area (Å²) in [5, 5.41) is 4.45. The topological polar surface area (TPSA) is 43.8 Å². The first-order valence-corrected chi connectivity index (χ1v) is 7.24. The molecular weight excluding hydrogens is 246 g/mol. The van der Waals surface area contributed by atoms with Gasteiger partial charge in [0.15, 0.2) is 0 Å². The molecule has 0 radical (unpaired) electrons. The largest absolute Gasteiger partial charge is 0.324 e. The number of aromatic nitrogens is 2. The van der Waals surface area contributed by atoms with Crippen LogP contribution in [0.1, 0.15) is 53.9 Å². The highest BCUT2D eigenvalue weighted by Crippen LogP contribution is 2.23. The highest BCUT2D eigenvalue weighted by atomic mass is 15.3. The summed E-state index contributed by atoms with van der Waals surface area (Å²) < 4.78 is 1.91. The molecule has 1 heterocycles. The van der Waals surface area contributed by atoms with Crippen LogP contribution in [0.4, 0.5) is 0 Å². The maximum absolute atomic E-state index is 6.39. The molecule has 0 bridgehead atoms. The summed E-state index contributed by atoms with van der Waals surface area (Å²) in [6, 6.07) is 8.80. The van der Waals surface area contributed by atoms with Gasteiger partial charge in [-0.15, -0.1) is 0 Å². The van der Waals surface area contributed by atoms with Crippen LogP contribution in [0.25, 0.3) is 0 Å². The van der Waals surface area contributed by atoms with Gasteiger partial charge in [0, 0.05) is 24.3 Å². The van der Waals surface area contributed by atoms with E-state index in [4.69, 9.17) is 5.73 Å². The van der Waals surface area contributed by atoms with Gasteiger partial charge < -0.3 is 5.73 Å². The molecule has 0 fully saturated rings. The maximum atomic E-state index is 6.39. The molecule has 0 aliphatic carbocycles. The van der Waals surface area contributed by atoms with E-state index in [2.05, 4.69) is 50.1 Å². The standard InChI is InChI=1S/C17H25N3/c1-11(2)15-8-6-14(7-9-15)10-16(18)17-12(3)19-20(5)13(17)4/h6-9,11,16H,10,18H2,1-5H3. The number of rotatable bonds is 4. The summed E-state index contributed by atoms with van der Waals surface area (Å²) in [6.45, 7) is 8.54. The monoisotopic (exact) mass is 271 g/mol. The Labute approximate surface area is 121 Å². The SMILES string of the molecule is Cc1nn(C)c(C)c1C(N)Cc1ccc(C(C)C)cc1. The summed E-state index contributed by atoms with van der Waals surface area (Å²) in [4.78, 5) is 0. The van der Waals surface area contributed by atoms with Crippen molar-refractivity contribution in [1.82, 2.24) is 9.78 Å². The summed E-state index contributed by atoms with van der Waals surface area (Å²) >= 11 is 0. The Bertz CT molecular complexity index is 579. The summed E-state index contributed by atoms with van der Waals surface area (Å²) in [5.74, 6) is 0.570. The molecule has 3 heteroatoms. The number of hydrogen-bond acceptors (Lipinski definition) is 2. The first-order chi connectivity index (χ1) is 9.40. The fraction of sp³-hybridized carbons (Fsp3) is 0.471. The molecule has 0 aliphatic heterocycles. The van der Waals surface area contributed by atoms with Gasteiger partial charge in [-0.05, 0) is 37.3 Å². The van der Waals surface area contributed by atoms with Crippen LogP contribution in [0, 0.1) is 13.8 Å². The number of nitrogens with two attached hydrogens (primary N) is 1. The predicted octanol–water partition coefficient (Wildman–Crippen LogP) is 3.40. The van der Waals surface area contributed by atoms with E-state index >= 15 is 0 Å². The van der Waals surface area contributed by atoms with Crippen molar-refractivity contribution in [2.45, 2.75) is 46.1 Å². The molecule has 0 saturated heterocycles. The Balaban J connectivity index is 2.17. The maximum Gasteiger partial charge on any atom is 0.0644 e. The molecule has 108 valence electrons. The van der Waals surface area contributed by atoms with Crippen LogP contribution in [0.3, 0.4) is 0 Å². The van der Waals surface area contributed by atoms with Crippen LogP contribution in [0.5, 0.6) is 0 Å². The molecule has 1 aromatic heterocycles. The molecule has 2 rings (SSSR count). The second-order valence-corrected chi connectivity index (χ2v) is 5.92. The normalized spacial score (nSPS) is 12.9. The van der Waals surface area contributed by atoms with Gasteiger partial charge in [-0.2, -0.15) is 5.10 Å². The highest BCUT2D eigenvalue weighted by molar-refractivity contribution is 5.31. The van der Waals surface area contributed by atoms with Crippen molar-refractivity contribution in [2.24, 2.45) is 12.8 Å². The average molecular weight is 271 g/mol. The Morgan fingerprint density at radius 1 is 1.15 bits per heavy atom. The zero-order chi connectivity index (χ0) is 14.9. The third kappa shape index (κ3) is 2.93. The predicted molar refractivity (Wildman–Crippen MR) is 83.8 cm³/mol. The van der Waals surface area contributed by atoms with Gasteiger partial charge in [0.05, 0.1) is 5.69 Å². The summed E-state index contributed by atoms with van der Waals surface area (Å²) in [5.41, 5.74) is 12.4. The minimum Gasteiger partial charge on any atom is -0.324 e. The van der Waals surface area contributed by atoms with Gasteiger partial charge in [-0.25, -0.2) is 0 Å². The molecule has 0 saturated carbocycles. The first-order valence-electron chi connectivity index (χ1n) is 7.24. The van der Waals surface area contributed by atoms with Gasteiger partial charge in [0.2, 0.25) is 0 Å². The molecule has 20 heavy (non-hydrogen) atoms. The van der Waals surface area contributed by atoms with Crippen molar-refractivity contribution in [3.05, 3.63) is 52.3 Å². The number of aryl methyl sites for hydroxylation is 2. The smallest absolute Gasteiger partial charge is 0.0644 e. The lowest BCUT2D eigenvalue weighted by Crippen LogP contribution is -2.15. The van der Waals surface area contributed by atoms with Crippen LogP contribution < -0.4 is 5.73 Å². The first kappa shape index (κ1) is 14.8. The zero-order valence-corrected chi connectivity index (χ0v) is 13.1. The second kappa shape index (κ2) is 5.80. The molecule has 3 nitrogen and oxygen atoms in total. The lowest BCUT2D eigenvalue weighted by Gasteiger charge is -2.14. The zero-order valence-electron chi connectivity index (χ0n) is 13.1. The minimum atomic E-state index is 0.00796. The van der Waals surface area contributed by atoms with Crippen molar-refractivity contribution in [2.75, 3.05) is 0 Å². The second-order valence-electron chi connectivity index (χ2n) is 5.92. The van der Waals surface area contributed by atoms with Gasteiger partial charge in [-0.3, -0.25) is 4.68 Å². The quantitative estimate of drug-likeness (QED) is 0.926. The van der Waals surface area contributed by atoms with E-state index < -0.39 is 0 Å². The third-order valence-corrected chi connectivity index (χ3v) is 4.04. The van der Waals surface area contributed by atoms with E-state index in [-0.39, 0.29) is 6.04 Å². The Hall–Kier alpha value is -1.61. The lowest BCUT2D eigenvalue weighted by molar-refractivity contribution is 0.700. The van der Waals surface area contributed by atoms with E-state index in [1.807, 2.05) is 18.7 Å². The fourth-order valence-corrected chi connectivity index (χ4v) is 2.72. The molecule has 0 spiro atoms. The Kier molecular flexibility index (Phi) is 4.29. The minimum absolute atomic E-state index is 0.00796. The van der Waals surface area contributed by atoms with Gasteiger partial charge >= 0.3 is 0 Å². The molecule has 0 amide bonds. The van der Waals surface area contributed by atoms with Crippen molar-refractivity contribution in [3.63, 3.8) is 0 Å². The van der Waals surface area contributed by atoms with Gasteiger partial charge in [-0.1, -0.05) is 38.1 Å². The van der Waals surface area contributed by atoms with Crippen LogP contribution in [0.15, 0.2) is 24.3 Å². The molecule has 2 N–H and O–H groups in total. The highest BCUT2D eigenvalue weighted by Gasteiger charge is 2.17. The number of nitrogens with zero attached hydrogens (tertiary/aromatic N) is 2. The number of benzene rings is 1. The molecule has 0 aliphatic rings. The molecule has 1 aromatic carbocycles. The van der Waals surface area contributed by atoms with E-state index in [1.165, 1.54) is 16.7 Å². The summed E-state index contributed by atoms with van der Waals surface area (Å²) in [7, 11) is 1.97. The van der Waals surface area contributed by atoms with E-state index in [0.717, 1.165) is 17.8 Å². The third-order valence-electron chi connectivity index (χ3n) is 4.04. The molecule has 1 atom stereocenters.